The highest BCUT2D eigenvalue weighted by atomic mass is 16.6. The molecule has 0 saturated carbocycles. The normalized spacial score (nSPS) is 20.2. The van der Waals surface area contributed by atoms with Crippen LogP contribution in [-0.4, -0.2) is 51.9 Å². The third-order valence-corrected chi connectivity index (χ3v) is 4.47. The second-order valence-corrected chi connectivity index (χ2v) is 6.34. The Balaban J connectivity index is 1.97. The van der Waals surface area contributed by atoms with Gasteiger partial charge in [0, 0.05) is 36.0 Å². The highest BCUT2D eigenvalue weighted by molar-refractivity contribution is 5.60. The number of ether oxygens (including phenoxy) is 1. The monoisotopic (exact) mass is 358 g/mol. The first-order valence-corrected chi connectivity index (χ1v) is 8.63. The molecular weight excluding hydrogens is 336 g/mol. The maximum atomic E-state index is 10.8. The number of non-ortho nitro benzene ring substituents is 1. The van der Waals surface area contributed by atoms with Crippen LogP contribution in [0.5, 0.6) is 0 Å². The lowest BCUT2D eigenvalue weighted by atomic mass is 10.1. The summed E-state index contributed by atoms with van der Waals surface area (Å²) in [5.41, 5.74) is 1.66. The standard InChI is InChI=1S/C18H22N4O4/c1-3-14-8-17(21-9-16(10-23)26-11-12(21)2)20-18(19-14)13-4-6-15(7-5-13)22(24)25/h4-8,12,16,23H,3,9-11H2,1-2H3. The van der Waals surface area contributed by atoms with E-state index in [1.54, 1.807) is 12.1 Å². The van der Waals surface area contributed by atoms with Crippen LogP contribution < -0.4 is 4.90 Å². The summed E-state index contributed by atoms with van der Waals surface area (Å²) in [6.45, 7) is 5.10. The van der Waals surface area contributed by atoms with Crippen molar-refractivity contribution in [2.75, 3.05) is 24.7 Å². The van der Waals surface area contributed by atoms with Gasteiger partial charge < -0.3 is 14.7 Å². The number of nitro benzene ring substituents is 1. The molecule has 0 amide bonds. The molecule has 0 aliphatic carbocycles. The Bertz CT molecular complexity index is 781. The van der Waals surface area contributed by atoms with Crippen molar-refractivity contribution in [3.63, 3.8) is 0 Å². The minimum absolute atomic E-state index is 0.0354. The Labute approximate surface area is 151 Å². The van der Waals surface area contributed by atoms with E-state index in [1.807, 2.05) is 19.9 Å². The number of aryl methyl sites for hydroxylation is 1. The minimum atomic E-state index is -0.428. The van der Waals surface area contributed by atoms with Gasteiger partial charge in [-0.15, -0.1) is 0 Å². The molecule has 138 valence electrons. The van der Waals surface area contributed by atoms with Crippen LogP contribution in [0.1, 0.15) is 19.5 Å². The van der Waals surface area contributed by atoms with Crippen molar-refractivity contribution in [2.45, 2.75) is 32.4 Å². The molecule has 2 atom stereocenters. The molecule has 0 bridgehead atoms. The zero-order valence-corrected chi connectivity index (χ0v) is 14.8. The van der Waals surface area contributed by atoms with Gasteiger partial charge in [-0.25, -0.2) is 9.97 Å². The SMILES string of the molecule is CCc1cc(N2CC(CO)OCC2C)nc(-c2ccc([N+](=O)[O-])cc2)n1. The number of aromatic nitrogens is 2. The zero-order chi connectivity index (χ0) is 18.7. The predicted octanol–water partition coefficient (Wildman–Crippen LogP) is 2.20. The fraction of sp³-hybridized carbons (Fsp3) is 0.444. The van der Waals surface area contributed by atoms with E-state index >= 15 is 0 Å². The Hall–Kier alpha value is -2.58. The summed E-state index contributed by atoms with van der Waals surface area (Å²) in [5, 5.41) is 20.2. The number of anilines is 1. The second kappa shape index (κ2) is 7.76. The highest BCUT2D eigenvalue weighted by Crippen LogP contribution is 2.25. The Kier molecular flexibility index (Phi) is 5.43. The number of rotatable bonds is 5. The van der Waals surface area contributed by atoms with Gasteiger partial charge in [0.2, 0.25) is 0 Å². The number of nitrogens with zero attached hydrogens (tertiary/aromatic N) is 4. The molecule has 2 heterocycles. The third-order valence-electron chi connectivity index (χ3n) is 4.47. The number of hydrogen-bond donors (Lipinski definition) is 1. The first-order valence-electron chi connectivity index (χ1n) is 8.63. The van der Waals surface area contributed by atoms with Gasteiger partial charge in [0.15, 0.2) is 5.82 Å². The summed E-state index contributed by atoms with van der Waals surface area (Å²) in [4.78, 5) is 21.8. The molecule has 3 rings (SSSR count). The molecule has 1 saturated heterocycles. The molecule has 0 spiro atoms. The van der Waals surface area contributed by atoms with E-state index in [2.05, 4.69) is 14.9 Å². The van der Waals surface area contributed by atoms with Crippen molar-refractivity contribution in [3.05, 3.63) is 46.1 Å². The van der Waals surface area contributed by atoms with Gasteiger partial charge in [-0.2, -0.15) is 0 Å². The molecule has 1 aliphatic rings. The molecule has 1 N–H and O–H groups in total. The second-order valence-electron chi connectivity index (χ2n) is 6.34. The molecule has 2 aromatic rings. The van der Waals surface area contributed by atoms with E-state index in [0.717, 1.165) is 23.5 Å². The maximum absolute atomic E-state index is 10.8. The minimum Gasteiger partial charge on any atom is -0.394 e. The summed E-state index contributed by atoms with van der Waals surface area (Å²) in [7, 11) is 0. The number of nitro groups is 1. The van der Waals surface area contributed by atoms with Crippen molar-refractivity contribution in [1.82, 2.24) is 9.97 Å². The molecule has 0 radical (unpaired) electrons. The molecule has 2 unspecified atom stereocenters. The Morgan fingerprint density at radius 1 is 1.35 bits per heavy atom. The fourth-order valence-electron chi connectivity index (χ4n) is 2.92. The molecule has 26 heavy (non-hydrogen) atoms. The summed E-state index contributed by atoms with van der Waals surface area (Å²) in [5.74, 6) is 1.31. The van der Waals surface area contributed by atoms with Crippen molar-refractivity contribution < 1.29 is 14.8 Å². The fourth-order valence-corrected chi connectivity index (χ4v) is 2.92. The topological polar surface area (TPSA) is 102 Å². The number of aliphatic hydroxyl groups is 1. The van der Waals surface area contributed by atoms with Gasteiger partial charge in [-0.1, -0.05) is 6.92 Å². The molecule has 1 fully saturated rings. The van der Waals surface area contributed by atoms with E-state index in [-0.39, 0.29) is 24.4 Å². The third kappa shape index (κ3) is 3.81. The number of morpholine rings is 1. The van der Waals surface area contributed by atoms with Crippen molar-refractivity contribution in [3.8, 4) is 11.4 Å². The molecule has 1 aromatic carbocycles. The van der Waals surface area contributed by atoms with Gasteiger partial charge in [-0.05, 0) is 25.5 Å². The summed E-state index contributed by atoms with van der Waals surface area (Å²) >= 11 is 0. The molecule has 8 nitrogen and oxygen atoms in total. The van der Waals surface area contributed by atoms with Crippen LogP contribution >= 0.6 is 0 Å². The van der Waals surface area contributed by atoms with Crippen LogP contribution in [0.25, 0.3) is 11.4 Å². The van der Waals surface area contributed by atoms with Crippen LogP contribution in [0.4, 0.5) is 11.5 Å². The lowest BCUT2D eigenvalue weighted by Gasteiger charge is -2.38. The van der Waals surface area contributed by atoms with E-state index in [9.17, 15) is 15.2 Å². The van der Waals surface area contributed by atoms with Crippen LogP contribution in [0.3, 0.4) is 0 Å². The molecule has 1 aliphatic heterocycles. The van der Waals surface area contributed by atoms with Gasteiger partial charge >= 0.3 is 0 Å². The van der Waals surface area contributed by atoms with Crippen molar-refractivity contribution in [1.29, 1.82) is 0 Å². The summed E-state index contributed by atoms with van der Waals surface area (Å²) in [6.07, 6.45) is 0.506. The predicted molar refractivity (Wildman–Crippen MR) is 97.1 cm³/mol. The Morgan fingerprint density at radius 3 is 2.69 bits per heavy atom. The first-order chi connectivity index (χ1) is 12.5. The number of hydrogen-bond acceptors (Lipinski definition) is 7. The lowest BCUT2D eigenvalue weighted by Crippen LogP contribution is -2.50. The van der Waals surface area contributed by atoms with Gasteiger partial charge in [0.05, 0.1) is 30.3 Å². The van der Waals surface area contributed by atoms with E-state index in [0.29, 0.717) is 19.0 Å². The van der Waals surface area contributed by atoms with Crippen LogP contribution in [0.2, 0.25) is 0 Å². The van der Waals surface area contributed by atoms with Gasteiger partial charge in [0.25, 0.3) is 5.69 Å². The summed E-state index contributed by atoms with van der Waals surface area (Å²) < 4.78 is 5.60. The maximum Gasteiger partial charge on any atom is 0.269 e. The Morgan fingerprint density at radius 2 is 2.08 bits per heavy atom. The van der Waals surface area contributed by atoms with Crippen molar-refractivity contribution in [2.24, 2.45) is 0 Å². The van der Waals surface area contributed by atoms with E-state index in [4.69, 9.17) is 4.74 Å². The van der Waals surface area contributed by atoms with Crippen LogP contribution in [-0.2, 0) is 11.2 Å². The van der Waals surface area contributed by atoms with Crippen LogP contribution in [0, 0.1) is 10.1 Å². The first kappa shape index (κ1) is 18.2. The molecular formula is C18H22N4O4. The summed E-state index contributed by atoms with van der Waals surface area (Å²) in [6, 6.07) is 8.31. The van der Waals surface area contributed by atoms with Gasteiger partial charge in [0.1, 0.15) is 5.82 Å². The smallest absolute Gasteiger partial charge is 0.269 e. The number of benzene rings is 1. The van der Waals surface area contributed by atoms with Crippen molar-refractivity contribution >= 4 is 11.5 Å². The van der Waals surface area contributed by atoms with E-state index < -0.39 is 4.92 Å². The zero-order valence-electron chi connectivity index (χ0n) is 14.8. The largest absolute Gasteiger partial charge is 0.394 e. The lowest BCUT2D eigenvalue weighted by molar-refractivity contribution is -0.384. The highest BCUT2D eigenvalue weighted by Gasteiger charge is 2.27. The van der Waals surface area contributed by atoms with Crippen LogP contribution in [0.15, 0.2) is 30.3 Å². The van der Waals surface area contributed by atoms with Gasteiger partial charge in [-0.3, -0.25) is 10.1 Å². The molecule has 8 heteroatoms. The quantitative estimate of drug-likeness (QED) is 0.646. The number of aliphatic hydroxyl groups excluding tert-OH is 1. The van der Waals surface area contributed by atoms with E-state index in [1.165, 1.54) is 12.1 Å². The average Bonchev–Trinajstić information content (AvgIpc) is 2.68. The average molecular weight is 358 g/mol. The molecule has 1 aromatic heterocycles.